The first kappa shape index (κ1) is 15.3. The van der Waals surface area contributed by atoms with Gasteiger partial charge in [-0.3, -0.25) is 4.79 Å². The van der Waals surface area contributed by atoms with Crippen molar-refractivity contribution in [3.63, 3.8) is 0 Å². The summed E-state index contributed by atoms with van der Waals surface area (Å²) in [5.41, 5.74) is 1.17. The Kier molecular flexibility index (Phi) is 4.14. The maximum Gasteiger partial charge on any atom is 0.421 e. The number of carbonyl (C=O) groups excluding carboxylic acids is 1. The van der Waals surface area contributed by atoms with Crippen molar-refractivity contribution >= 4 is 22.3 Å². The molecule has 0 aromatic heterocycles. The van der Waals surface area contributed by atoms with Gasteiger partial charge in [-0.2, -0.15) is 12.7 Å². The molecule has 0 saturated heterocycles. The molecule has 21 heavy (non-hydrogen) atoms. The SMILES string of the molecule is COC(=O)NS(=O)(=O)N1CCc2ccccc2C1C(=O)O. The number of carboxylic acids is 1. The van der Waals surface area contributed by atoms with E-state index in [0.717, 1.165) is 17.0 Å². The first-order valence-corrected chi connectivity index (χ1v) is 7.49. The number of methoxy groups -OCH3 is 1. The molecule has 0 spiro atoms. The molecule has 2 rings (SSSR count). The van der Waals surface area contributed by atoms with Crippen LogP contribution in [-0.4, -0.2) is 43.5 Å². The van der Waals surface area contributed by atoms with Crippen LogP contribution in [0.3, 0.4) is 0 Å². The van der Waals surface area contributed by atoms with Crippen molar-refractivity contribution in [2.75, 3.05) is 13.7 Å². The van der Waals surface area contributed by atoms with E-state index in [-0.39, 0.29) is 6.54 Å². The Hall–Kier alpha value is -2.13. The zero-order valence-electron chi connectivity index (χ0n) is 11.1. The highest BCUT2D eigenvalue weighted by molar-refractivity contribution is 7.87. The van der Waals surface area contributed by atoms with Gasteiger partial charge < -0.3 is 9.84 Å². The predicted octanol–water partition coefficient (Wildman–Crippen LogP) is 0.271. The highest BCUT2D eigenvalue weighted by Crippen LogP contribution is 2.31. The van der Waals surface area contributed by atoms with Crippen LogP contribution in [0.2, 0.25) is 0 Å². The van der Waals surface area contributed by atoms with Crippen LogP contribution >= 0.6 is 0 Å². The van der Waals surface area contributed by atoms with Crippen molar-refractivity contribution in [2.24, 2.45) is 0 Å². The Morgan fingerprint density at radius 2 is 2.05 bits per heavy atom. The Labute approximate surface area is 121 Å². The van der Waals surface area contributed by atoms with E-state index in [1.807, 2.05) is 0 Å². The van der Waals surface area contributed by atoms with Crippen LogP contribution in [0.5, 0.6) is 0 Å². The number of amides is 1. The number of benzene rings is 1. The summed E-state index contributed by atoms with van der Waals surface area (Å²) in [6, 6.07) is 5.33. The standard InChI is InChI=1S/C12H14N2O6S/c1-20-12(17)13-21(18,19)14-7-6-8-4-2-3-5-9(8)10(14)11(15)16/h2-5,10H,6-7H2,1H3,(H,13,17)(H,15,16). The maximum absolute atomic E-state index is 12.1. The van der Waals surface area contributed by atoms with Crippen molar-refractivity contribution in [3.8, 4) is 0 Å². The van der Waals surface area contributed by atoms with Crippen molar-refractivity contribution < 1.29 is 27.9 Å². The molecule has 1 aliphatic rings. The highest BCUT2D eigenvalue weighted by Gasteiger charge is 2.40. The van der Waals surface area contributed by atoms with Crippen LogP contribution in [-0.2, 0) is 26.2 Å². The van der Waals surface area contributed by atoms with Crippen molar-refractivity contribution in [3.05, 3.63) is 35.4 Å². The minimum Gasteiger partial charge on any atom is -0.480 e. The third-order valence-corrected chi connectivity index (χ3v) is 4.62. The third kappa shape index (κ3) is 2.98. The first-order chi connectivity index (χ1) is 9.86. The van der Waals surface area contributed by atoms with Gasteiger partial charge in [0, 0.05) is 6.54 Å². The summed E-state index contributed by atoms with van der Waals surface area (Å²) >= 11 is 0. The lowest BCUT2D eigenvalue weighted by atomic mass is 9.94. The summed E-state index contributed by atoms with van der Waals surface area (Å²) in [7, 11) is -3.28. The van der Waals surface area contributed by atoms with Gasteiger partial charge in [-0.25, -0.2) is 9.52 Å². The quantitative estimate of drug-likeness (QED) is 0.828. The molecule has 1 heterocycles. The Balaban J connectivity index is 2.41. The Morgan fingerprint density at radius 3 is 2.67 bits per heavy atom. The zero-order chi connectivity index (χ0) is 15.6. The molecule has 1 aromatic rings. The number of hydrogen-bond donors (Lipinski definition) is 2. The Bertz CT molecular complexity index is 672. The summed E-state index contributed by atoms with van der Waals surface area (Å²) in [6.07, 6.45) is -0.805. The summed E-state index contributed by atoms with van der Waals surface area (Å²) < 4.78 is 30.9. The molecule has 0 aliphatic carbocycles. The molecule has 0 saturated carbocycles. The molecular formula is C12H14N2O6S. The van der Waals surface area contributed by atoms with Crippen LogP contribution in [0.4, 0.5) is 4.79 Å². The van der Waals surface area contributed by atoms with E-state index in [9.17, 15) is 23.1 Å². The number of carbonyl (C=O) groups is 2. The lowest BCUT2D eigenvalue weighted by Gasteiger charge is -2.33. The molecule has 1 unspecified atom stereocenters. The zero-order valence-corrected chi connectivity index (χ0v) is 12.0. The number of nitrogens with one attached hydrogen (secondary N) is 1. The summed E-state index contributed by atoms with van der Waals surface area (Å²) in [5.74, 6) is -1.31. The van der Waals surface area contributed by atoms with Gasteiger partial charge in [0.05, 0.1) is 7.11 Å². The number of ether oxygens (including phenoxy) is 1. The monoisotopic (exact) mass is 314 g/mol. The van der Waals surface area contributed by atoms with Gasteiger partial charge in [0.15, 0.2) is 0 Å². The predicted molar refractivity (Wildman–Crippen MR) is 71.7 cm³/mol. The number of rotatable bonds is 3. The summed E-state index contributed by atoms with van der Waals surface area (Å²) in [4.78, 5) is 22.6. The van der Waals surface area contributed by atoms with Crippen LogP contribution in [0.15, 0.2) is 24.3 Å². The lowest BCUT2D eigenvalue weighted by molar-refractivity contribution is -0.142. The van der Waals surface area contributed by atoms with E-state index in [4.69, 9.17) is 0 Å². The molecule has 1 aliphatic heterocycles. The summed E-state index contributed by atoms with van der Waals surface area (Å²) in [6.45, 7) is -0.0414. The minimum absolute atomic E-state index is 0.0414. The third-order valence-electron chi connectivity index (χ3n) is 3.18. The van der Waals surface area contributed by atoms with Gasteiger partial charge in [-0.15, -0.1) is 0 Å². The molecule has 0 fully saturated rings. The largest absolute Gasteiger partial charge is 0.480 e. The number of fused-ring (bicyclic) bond motifs is 1. The normalized spacial score (nSPS) is 18.6. The summed E-state index contributed by atoms with van der Waals surface area (Å²) in [5, 5.41) is 9.36. The average Bonchev–Trinajstić information content (AvgIpc) is 2.45. The number of carboxylic acid groups (broad SMARTS) is 1. The van der Waals surface area contributed by atoms with E-state index in [0.29, 0.717) is 12.0 Å². The maximum atomic E-state index is 12.1. The van der Waals surface area contributed by atoms with E-state index in [1.165, 1.54) is 0 Å². The van der Waals surface area contributed by atoms with E-state index >= 15 is 0 Å². The molecule has 114 valence electrons. The van der Waals surface area contributed by atoms with Crippen LogP contribution in [0, 0.1) is 0 Å². The van der Waals surface area contributed by atoms with Gasteiger partial charge in [-0.1, -0.05) is 24.3 Å². The van der Waals surface area contributed by atoms with Gasteiger partial charge in [0.2, 0.25) is 0 Å². The van der Waals surface area contributed by atoms with Gasteiger partial charge in [0.1, 0.15) is 6.04 Å². The molecule has 9 heteroatoms. The van der Waals surface area contributed by atoms with Crippen LogP contribution < -0.4 is 4.72 Å². The topological polar surface area (TPSA) is 113 Å². The minimum atomic E-state index is -4.30. The molecule has 1 amide bonds. The van der Waals surface area contributed by atoms with Crippen molar-refractivity contribution in [1.82, 2.24) is 9.03 Å². The molecule has 8 nitrogen and oxygen atoms in total. The smallest absolute Gasteiger partial charge is 0.421 e. The second-order valence-electron chi connectivity index (χ2n) is 4.40. The van der Waals surface area contributed by atoms with Gasteiger partial charge >= 0.3 is 22.3 Å². The molecule has 1 atom stereocenters. The molecular weight excluding hydrogens is 300 g/mol. The fourth-order valence-corrected chi connectivity index (χ4v) is 3.49. The van der Waals surface area contributed by atoms with E-state index in [1.54, 1.807) is 29.0 Å². The van der Waals surface area contributed by atoms with Crippen LogP contribution in [0.25, 0.3) is 0 Å². The van der Waals surface area contributed by atoms with Gasteiger partial charge in [-0.05, 0) is 17.5 Å². The first-order valence-electron chi connectivity index (χ1n) is 6.05. The van der Waals surface area contributed by atoms with Crippen molar-refractivity contribution in [1.29, 1.82) is 0 Å². The second-order valence-corrected chi connectivity index (χ2v) is 6.02. The fraction of sp³-hybridized carbons (Fsp3) is 0.333. The average molecular weight is 314 g/mol. The molecule has 2 N–H and O–H groups in total. The second kappa shape index (κ2) is 5.70. The van der Waals surface area contributed by atoms with Crippen molar-refractivity contribution in [2.45, 2.75) is 12.5 Å². The number of nitrogens with zero attached hydrogens (tertiary/aromatic N) is 1. The van der Waals surface area contributed by atoms with Gasteiger partial charge in [0.25, 0.3) is 0 Å². The highest BCUT2D eigenvalue weighted by atomic mass is 32.2. The van der Waals surface area contributed by atoms with Crippen LogP contribution in [0.1, 0.15) is 17.2 Å². The lowest BCUT2D eigenvalue weighted by Crippen LogP contribution is -2.49. The molecule has 0 bridgehead atoms. The van der Waals surface area contributed by atoms with E-state index in [2.05, 4.69) is 4.74 Å². The molecule has 0 radical (unpaired) electrons. The fourth-order valence-electron chi connectivity index (χ4n) is 2.26. The molecule has 1 aromatic carbocycles. The number of hydrogen-bond acceptors (Lipinski definition) is 5. The van der Waals surface area contributed by atoms with E-state index < -0.39 is 28.3 Å². The number of aliphatic carboxylic acids is 1. The Morgan fingerprint density at radius 1 is 1.38 bits per heavy atom.